The highest BCUT2D eigenvalue weighted by Crippen LogP contribution is 2.34. The van der Waals surface area contributed by atoms with Crippen molar-refractivity contribution < 1.29 is 9.84 Å². The quantitative estimate of drug-likeness (QED) is 0.878. The molecule has 1 unspecified atom stereocenters. The number of aliphatic hydroxyl groups is 1. The van der Waals surface area contributed by atoms with Gasteiger partial charge in [-0.15, -0.1) is 0 Å². The first-order chi connectivity index (χ1) is 12.2. The van der Waals surface area contributed by atoms with Crippen molar-refractivity contribution in [1.82, 2.24) is 4.57 Å². The molecule has 1 N–H and O–H groups in total. The van der Waals surface area contributed by atoms with Crippen LogP contribution in [0.1, 0.15) is 48.6 Å². The molecule has 1 atom stereocenters. The minimum atomic E-state index is -0.258. The van der Waals surface area contributed by atoms with Crippen LogP contribution < -0.4 is 5.56 Å². The number of nitrogens with zero attached hydrogens (tertiary/aromatic N) is 1. The van der Waals surface area contributed by atoms with Gasteiger partial charge in [0.2, 0.25) is 0 Å². The third-order valence-corrected chi connectivity index (χ3v) is 5.29. The molecule has 0 spiro atoms. The molecular formula is C21H27NO3. The number of benzene rings is 1. The lowest BCUT2D eigenvalue weighted by atomic mass is 9.83. The topological polar surface area (TPSA) is 51.5 Å². The molecule has 1 aliphatic rings. The van der Waals surface area contributed by atoms with Crippen LogP contribution in [-0.4, -0.2) is 29.0 Å². The van der Waals surface area contributed by atoms with E-state index in [1.54, 1.807) is 23.9 Å². The average Bonchev–Trinajstić information content (AvgIpc) is 2.66. The van der Waals surface area contributed by atoms with Crippen LogP contribution in [0.2, 0.25) is 0 Å². The summed E-state index contributed by atoms with van der Waals surface area (Å²) in [5.74, 6) is 0.364. The minimum absolute atomic E-state index is 0.0575. The molecule has 1 aliphatic carbocycles. The van der Waals surface area contributed by atoms with Gasteiger partial charge >= 0.3 is 0 Å². The van der Waals surface area contributed by atoms with E-state index in [9.17, 15) is 9.90 Å². The van der Waals surface area contributed by atoms with Crippen molar-refractivity contribution in [2.75, 3.05) is 13.2 Å². The largest absolute Gasteiger partial charge is 0.396 e. The van der Waals surface area contributed by atoms with E-state index in [1.807, 2.05) is 6.07 Å². The summed E-state index contributed by atoms with van der Waals surface area (Å²) >= 11 is 0. The molecule has 1 aromatic carbocycles. The van der Waals surface area contributed by atoms with Gasteiger partial charge in [-0.05, 0) is 43.2 Å². The Bertz CT molecular complexity index is 717. The number of hydrogen-bond donors (Lipinski definition) is 1. The molecule has 2 aromatic rings. The van der Waals surface area contributed by atoms with E-state index in [2.05, 4.69) is 30.3 Å². The Kier molecular flexibility index (Phi) is 6.05. The molecule has 1 heterocycles. The van der Waals surface area contributed by atoms with Gasteiger partial charge in [-0.1, -0.05) is 36.4 Å². The highest BCUT2D eigenvalue weighted by Gasteiger charge is 2.24. The van der Waals surface area contributed by atoms with Crippen LogP contribution in [0.5, 0.6) is 0 Å². The van der Waals surface area contributed by atoms with Gasteiger partial charge in [0.15, 0.2) is 0 Å². The maximum absolute atomic E-state index is 12.2. The van der Waals surface area contributed by atoms with Gasteiger partial charge in [0, 0.05) is 24.7 Å². The van der Waals surface area contributed by atoms with Crippen LogP contribution in [0.4, 0.5) is 0 Å². The van der Waals surface area contributed by atoms with Gasteiger partial charge in [-0.25, -0.2) is 0 Å². The number of hydrogen-bond acceptors (Lipinski definition) is 3. The van der Waals surface area contributed by atoms with Crippen LogP contribution in [0.15, 0.2) is 53.5 Å². The number of aliphatic hydroxyl groups excluding tert-OH is 1. The molecule has 1 aromatic heterocycles. The fourth-order valence-corrected chi connectivity index (χ4v) is 3.71. The van der Waals surface area contributed by atoms with Gasteiger partial charge < -0.3 is 14.4 Å². The van der Waals surface area contributed by atoms with E-state index in [-0.39, 0.29) is 24.2 Å². The SMILES string of the molecule is Cn1cccc(C(CO)COC2CCC(c3ccccc3)CC2)c1=O. The van der Waals surface area contributed by atoms with Crippen molar-refractivity contribution in [2.24, 2.45) is 7.05 Å². The van der Waals surface area contributed by atoms with E-state index in [0.717, 1.165) is 25.7 Å². The van der Waals surface area contributed by atoms with Crippen molar-refractivity contribution in [3.8, 4) is 0 Å². The van der Waals surface area contributed by atoms with Gasteiger partial charge in [-0.2, -0.15) is 0 Å². The predicted molar refractivity (Wildman–Crippen MR) is 98.9 cm³/mol. The summed E-state index contributed by atoms with van der Waals surface area (Å²) in [5.41, 5.74) is 1.99. The summed E-state index contributed by atoms with van der Waals surface area (Å²) in [6, 6.07) is 14.3. The molecule has 25 heavy (non-hydrogen) atoms. The Morgan fingerprint density at radius 3 is 2.52 bits per heavy atom. The van der Waals surface area contributed by atoms with Crippen LogP contribution in [0, 0.1) is 0 Å². The van der Waals surface area contributed by atoms with Gasteiger partial charge in [0.05, 0.1) is 19.3 Å². The van der Waals surface area contributed by atoms with Crippen LogP contribution in [-0.2, 0) is 11.8 Å². The number of aromatic nitrogens is 1. The zero-order valence-corrected chi connectivity index (χ0v) is 14.8. The van der Waals surface area contributed by atoms with Crippen molar-refractivity contribution in [3.63, 3.8) is 0 Å². The van der Waals surface area contributed by atoms with Crippen molar-refractivity contribution >= 4 is 0 Å². The van der Waals surface area contributed by atoms with Crippen molar-refractivity contribution in [3.05, 3.63) is 70.1 Å². The molecule has 0 bridgehead atoms. The normalized spacial score (nSPS) is 21.8. The Balaban J connectivity index is 1.53. The summed E-state index contributed by atoms with van der Waals surface area (Å²) in [5, 5.41) is 9.69. The molecule has 3 rings (SSSR count). The Morgan fingerprint density at radius 2 is 1.84 bits per heavy atom. The molecule has 1 saturated carbocycles. The number of ether oxygens (including phenoxy) is 1. The first-order valence-corrected chi connectivity index (χ1v) is 9.12. The van der Waals surface area contributed by atoms with Crippen LogP contribution >= 0.6 is 0 Å². The van der Waals surface area contributed by atoms with E-state index in [1.165, 1.54) is 5.56 Å². The van der Waals surface area contributed by atoms with Gasteiger partial charge in [0.25, 0.3) is 5.56 Å². The molecule has 0 saturated heterocycles. The van der Waals surface area contributed by atoms with Crippen molar-refractivity contribution in [1.29, 1.82) is 0 Å². The lowest BCUT2D eigenvalue weighted by molar-refractivity contribution is 0.00885. The molecule has 0 aliphatic heterocycles. The average molecular weight is 341 g/mol. The van der Waals surface area contributed by atoms with Crippen molar-refractivity contribution in [2.45, 2.75) is 43.6 Å². The van der Waals surface area contributed by atoms with E-state index in [0.29, 0.717) is 18.1 Å². The third-order valence-electron chi connectivity index (χ3n) is 5.29. The Labute approximate surface area is 149 Å². The van der Waals surface area contributed by atoms with Gasteiger partial charge in [-0.3, -0.25) is 4.79 Å². The minimum Gasteiger partial charge on any atom is -0.396 e. The summed E-state index contributed by atoms with van der Waals surface area (Å²) in [6.45, 7) is 0.328. The lowest BCUT2D eigenvalue weighted by Crippen LogP contribution is -2.28. The molecule has 134 valence electrons. The Hall–Kier alpha value is -1.91. The highest BCUT2D eigenvalue weighted by molar-refractivity contribution is 5.20. The summed E-state index contributed by atoms with van der Waals surface area (Å²) in [6.07, 6.45) is 6.28. The zero-order valence-electron chi connectivity index (χ0n) is 14.8. The monoisotopic (exact) mass is 341 g/mol. The summed E-state index contributed by atoms with van der Waals surface area (Å²) < 4.78 is 7.61. The third kappa shape index (κ3) is 4.39. The molecule has 4 nitrogen and oxygen atoms in total. The summed E-state index contributed by atoms with van der Waals surface area (Å²) in [4.78, 5) is 12.2. The number of aryl methyl sites for hydroxylation is 1. The molecule has 1 fully saturated rings. The second kappa shape index (κ2) is 8.45. The first-order valence-electron chi connectivity index (χ1n) is 9.12. The van der Waals surface area contributed by atoms with Crippen LogP contribution in [0.25, 0.3) is 0 Å². The molecule has 4 heteroatoms. The number of pyridine rings is 1. The predicted octanol–water partition coefficient (Wildman–Crippen LogP) is 3.20. The van der Waals surface area contributed by atoms with E-state index >= 15 is 0 Å². The van der Waals surface area contributed by atoms with E-state index in [4.69, 9.17) is 4.74 Å². The molecule has 0 radical (unpaired) electrons. The smallest absolute Gasteiger partial charge is 0.253 e. The fraction of sp³-hybridized carbons (Fsp3) is 0.476. The number of rotatable bonds is 6. The zero-order chi connectivity index (χ0) is 17.6. The maximum atomic E-state index is 12.2. The molecule has 0 amide bonds. The fourth-order valence-electron chi connectivity index (χ4n) is 3.71. The van der Waals surface area contributed by atoms with Gasteiger partial charge in [0.1, 0.15) is 0 Å². The van der Waals surface area contributed by atoms with E-state index < -0.39 is 0 Å². The lowest BCUT2D eigenvalue weighted by Gasteiger charge is -2.30. The standard InChI is InChI=1S/C21H27NO3/c1-22-13-5-8-20(21(22)24)18(14-23)15-25-19-11-9-17(10-12-19)16-6-3-2-4-7-16/h2-8,13,17-19,23H,9-12,14-15H2,1H3. The molecular weight excluding hydrogens is 314 g/mol. The maximum Gasteiger partial charge on any atom is 0.253 e. The second-order valence-electron chi connectivity index (χ2n) is 6.98. The van der Waals surface area contributed by atoms with Crippen LogP contribution in [0.3, 0.4) is 0 Å². The highest BCUT2D eigenvalue weighted by atomic mass is 16.5. The summed E-state index contributed by atoms with van der Waals surface area (Å²) in [7, 11) is 1.73. The Morgan fingerprint density at radius 1 is 1.12 bits per heavy atom. The first kappa shape index (κ1) is 17.9. The second-order valence-corrected chi connectivity index (χ2v) is 6.98.